The number of ether oxygens (including phenoxy) is 1. The van der Waals surface area contributed by atoms with Gasteiger partial charge in [-0.3, -0.25) is 4.79 Å². The largest absolute Gasteiger partial charge is 0.378 e. The predicted octanol–water partition coefficient (Wildman–Crippen LogP) is 3.72. The van der Waals surface area contributed by atoms with Gasteiger partial charge in [-0.05, 0) is 23.9 Å². The van der Waals surface area contributed by atoms with E-state index in [4.69, 9.17) is 4.74 Å². The first-order valence-corrected chi connectivity index (χ1v) is 11.1. The third kappa shape index (κ3) is 3.99. The number of benzene rings is 1. The van der Waals surface area contributed by atoms with Crippen molar-refractivity contribution in [1.82, 2.24) is 19.7 Å². The van der Waals surface area contributed by atoms with Crippen molar-refractivity contribution in [2.75, 3.05) is 26.3 Å². The number of nitrogens with zero attached hydrogens (tertiary/aromatic N) is 4. The first-order chi connectivity index (χ1) is 13.8. The van der Waals surface area contributed by atoms with Crippen LogP contribution < -0.4 is 0 Å². The van der Waals surface area contributed by atoms with E-state index in [0.717, 1.165) is 28.0 Å². The minimum Gasteiger partial charge on any atom is -0.378 e. The quantitative estimate of drug-likeness (QED) is 0.576. The molecule has 0 radical (unpaired) electrons. The average Bonchev–Trinajstić information content (AvgIpc) is 3.42. The SMILES string of the molecule is CCn1c(S[C@@H](C(=O)N2CCOCC2)c2ccccc2)nnc1-c1cccs1. The lowest BCUT2D eigenvalue weighted by atomic mass is 10.1. The normalized spacial score (nSPS) is 15.5. The number of hydrogen-bond donors (Lipinski definition) is 0. The monoisotopic (exact) mass is 414 g/mol. The van der Waals surface area contributed by atoms with Gasteiger partial charge in [-0.15, -0.1) is 21.5 Å². The van der Waals surface area contributed by atoms with Crippen molar-refractivity contribution < 1.29 is 9.53 Å². The van der Waals surface area contributed by atoms with Crippen LogP contribution in [-0.2, 0) is 16.1 Å². The molecule has 6 nitrogen and oxygen atoms in total. The number of hydrogen-bond acceptors (Lipinski definition) is 6. The number of thioether (sulfide) groups is 1. The summed E-state index contributed by atoms with van der Waals surface area (Å²) >= 11 is 3.12. The lowest BCUT2D eigenvalue weighted by molar-refractivity contribution is -0.134. The van der Waals surface area contributed by atoms with E-state index < -0.39 is 0 Å². The Morgan fingerprint density at radius 3 is 2.64 bits per heavy atom. The molecular formula is C20H22N4O2S2. The number of thiophene rings is 1. The van der Waals surface area contributed by atoms with Crippen LogP contribution in [0, 0.1) is 0 Å². The van der Waals surface area contributed by atoms with E-state index in [1.807, 2.05) is 52.7 Å². The van der Waals surface area contributed by atoms with E-state index in [2.05, 4.69) is 21.7 Å². The molecule has 0 bridgehead atoms. The Kier molecular flexibility index (Phi) is 6.09. The van der Waals surface area contributed by atoms with Crippen molar-refractivity contribution >= 4 is 29.0 Å². The molecule has 1 fully saturated rings. The Balaban J connectivity index is 1.65. The highest BCUT2D eigenvalue weighted by Crippen LogP contribution is 2.37. The van der Waals surface area contributed by atoms with E-state index in [9.17, 15) is 4.79 Å². The Morgan fingerprint density at radius 2 is 1.96 bits per heavy atom. The highest BCUT2D eigenvalue weighted by atomic mass is 32.2. The number of morpholine rings is 1. The van der Waals surface area contributed by atoms with Gasteiger partial charge in [0.1, 0.15) is 5.25 Å². The Labute approximate surface area is 172 Å². The molecule has 1 aromatic carbocycles. The van der Waals surface area contributed by atoms with E-state index in [-0.39, 0.29) is 11.2 Å². The van der Waals surface area contributed by atoms with Gasteiger partial charge >= 0.3 is 0 Å². The topological polar surface area (TPSA) is 60.2 Å². The molecule has 1 aliphatic rings. The summed E-state index contributed by atoms with van der Waals surface area (Å²) in [6.07, 6.45) is 0. The van der Waals surface area contributed by atoms with Crippen LogP contribution in [0.5, 0.6) is 0 Å². The fourth-order valence-corrected chi connectivity index (χ4v) is 5.09. The third-order valence-corrected chi connectivity index (χ3v) is 6.74. The maximum atomic E-state index is 13.3. The van der Waals surface area contributed by atoms with Crippen LogP contribution in [0.25, 0.3) is 10.7 Å². The van der Waals surface area contributed by atoms with Crippen LogP contribution >= 0.6 is 23.1 Å². The third-order valence-electron chi connectivity index (χ3n) is 4.65. The minimum absolute atomic E-state index is 0.0998. The Bertz CT molecular complexity index is 906. The summed E-state index contributed by atoms with van der Waals surface area (Å²) in [6, 6.07) is 14.0. The van der Waals surface area contributed by atoms with Gasteiger partial charge in [0, 0.05) is 19.6 Å². The number of carbonyl (C=O) groups is 1. The lowest BCUT2D eigenvalue weighted by Crippen LogP contribution is -2.42. The van der Waals surface area contributed by atoms with Gasteiger partial charge in [-0.2, -0.15) is 0 Å². The fourth-order valence-electron chi connectivity index (χ4n) is 3.19. The zero-order chi connectivity index (χ0) is 19.3. The van der Waals surface area contributed by atoms with Gasteiger partial charge in [0.2, 0.25) is 5.91 Å². The summed E-state index contributed by atoms with van der Waals surface area (Å²) in [5, 5.41) is 11.3. The molecule has 28 heavy (non-hydrogen) atoms. The highest BCUT2D eigenvalue weighted by molar-refractivity contribution is 8.00. The molecule has 2 aromatic heterocycles. The summed E-state index contributed by atoms with van der Waals surface area (Å²) < 4.78 is 7.49. The highest BCUT2D eigenvalue weighted by Gasteiger charge is 2.30. The van der Waals surface area contributed by atoms with Gasteiger partial charge in [0.25, 0.3) is 0 Å². The minimum atomic E-state index is -0.356. The second-order valence-corrected chi connectivity index (χ2v) is 8.39. The van der Waals surface area contributed by atoms with E-state index in [1.54, 1.807) is 11.3 Å². The summed E-state index contributed by atoms with van der Waals surface area (Å²) in [6.45, 7) is 5.26. The summed E-state index contributed by atoms with van der Waals surface area (Å²) in [5.74, 6) is 0.952. The molecule has 1 amide bonds. The number of carbonyl (C=O) groups excluding carboxylic acids is 1. The number of amides is 1. The van der Waals surface area contributed by atoms with Gasteiger partial charge in [0.05, 0.1) is 18.1 Å². The summed E-state index contributed by atoms with van der Waals surface area (Å²) in [7, 11) is 0. The fraction of sp³-hybridized carbons (Fsp3) is 0.350. The standard InChI is InChI=1S/C20H22N4O2S2/c1-2-24-18(16-9-6-14-27-16)21-22-20(24)28-17(15-7-4-3-5-8-15)19(25)23-10-12-26-13-11-23/h3-9,14,17H,2,10-13H2,1H3/t17-/m1/s1. The molecule has 1 saturated heterocycles. The molecule has 1 atom stereocenters. The van der Waals surface area contributed by atoms with E-state index in [0.29, 0.717) is 26.3 Å². The Morgan fingerprint density at radius 1 is 1.18 bits per heavy atom. The van der Waals surface area contributed by atoms with E-state index >= 15 is 0 Å². The van der Waals surface area contributed by atoms with Crippen molar-refractivity contribution in [3.8, 4) is 10.7 Å². The zero-order valence-electron chi connectivity index (χ0n) is 15.7. The molecule has 0 unspecified atom stereocenters. The van der Waals surface area contributed by atoms with Crippen LogP contribution in [0.2, 0.25) is 0 Å². The Hall–Kier alpha value is -2.16. The molecule has 1 aliphatic heterocycles. The molecular weight excluding hydrogens is 392 g/mol. The van der Waals surface area contributed by atoms with Gasteiger partial charge in [-0.25, -0.2) is 0 Å². The molecule has 4 rings (SSSR count). The zero-order valence-corrected chi connectivity index (χ0v) is 17.3. The summed E-state index contributed by atoms with van der Waals surface area (Å²) in [5.41, 5.74) is 0.979. The molecule has 0 aliphatic carbocycles. The van der Waals surface area contributed by atoms with Crippen LogP contribution in [0.4, 0.5) is 0 Å². The lowest BCUT2D eigenvalue weighted by Gasteiger charge is -2.30. The smallest absolute Gasteiger partial charge is 0.240 e. The van der Waals surface area contributed by atoms with Gasteiger partial charge in [0.15, 0.2) is 11.0 Å². The molecule has 0 saturated carbocycles. The summed E-state index contributed by atoms with van der Waals surface area (Å²) in [4.78, 5) is 16.3. The van der Waals surface area contributed by atoms with Crippen LogP contribution in [0.3, 0.4) is 0 Å². The van der Waals surface area contributed by atoms with Crippen molar-refractivity contribution in [3.63, 3.8) is 0 Å². The van der Waals surface area contributed by atoms with Crippen molar-refractivity contribution in [2.45, 2.75) is 23.9 Å². The molecule has 3 aromatic rings. The maximum Gasteiger partial charge on any atom is 0.240 e. The average molecular weight is 415 g/mol. The first-order valence-electron chi connectivity index (χ1n) is 9.33. The van der Waals surface area contributed by atoms with Crippen molar-refractivity contribution in [1.29, 1.82) is 0 Å². The van der Waals surface area contributed by atoms with Crippen molar-refractivity contribution in [3.05, 3.63) is 53.4 Å². The van der Waals surface area contributed by atoms with E-state index in [1.165, 1.54) is 11.8 Å². The molecule has 0 N–H and O–H groups in total. The van der Waals surface area contributed by atoms with Crippen LogP contribution in [-0.4, -0.2) is 51.9 Å². The predicted molar refractivity (Wildman–Crippen MR) is 111 cm³/mol. The number of rotatable bonds is 6. The second kappa shape index (κ2) is 8.89. The van der Waals surface area contributed by atoms with Crippen molar-refractivity contribution in [2.24, 2.45) is 0 Å². The maximum absolute atomic E-state index is 13.3. The van der Waals surface area contributed by atoms with Crippen LogP contribution in [0.1, 0.15) is 17.7 Å². The van der Waals surface area contributed by atoms with Gasteiger partial charge < -0.3 is 14.2 Å². The number of aromatic nitrogens is 3. The molecule has 146 valence electrons. The molecule has 3 heterocycles. The molecule has 0 spiro atoms. The first kappa shape index (κ1) is 19.2. The van der Waals surface area contributed by atoms with Crippen LogP contribution in [0.15, 0.2) is 53.0 Å². The molecule has 8 heteroatoms. The van der Waals surface area contributed by atoms with Gasteiger partial charge in [-0.1, -0.05) is 48.2 Å². The second-order valence-electron chi connectivity index (χ2n) is 6.37.